The fourth-order valence-electron chi connectivity index (χ4n) is 1.49. The molecule has 0 fully saturated rings. The molecular formula is C12H13BrN2S. The van der Waals surface area contributed by atoms with Crippen LogP contribution in [0.25, 0.3) is 10.6 Å². The Hall–Kier alpha value is -0.710. The highest BCUT2D eigenvalue weighted by Crippen LogP contribution is 2.29. The van der Waals surface area contributed by atoms with Crippen molar-refractivity contribution in [3.8, 4) is 10.6 Å². The maximum Gasteiger partial charge on any atom is 0.123 e. The van der Waals surface area contributed by atoms with Crippen LogP contribution >= 0.6 is 27.3 Å². The molecule has 0 bridgehead atoms. The summed E-state index contributed by atoms with van der Waals surface area (Å²) in [5, 5.41) is 3.07. The molecule has 1 unspecified atom stereocenters. The minimum Gasteiger partial charge on any atom is -0.323 e. The van der Waals surface area contributed by atoms with E-state index in [4.69, 9.17) is 5.73 Å². The average Bonchev–Trinajstić information content (AvgIpc) is 2.66. The molecule has 0 radical (unpaired) electrons. The monoisotopic (exact) mass is 296 g/mol. The number of benzene rings is 1. The van der Waals surface area contributed by atoms with E-state index in [1.165, 1.54) is 11.1 Å². The minimum atomic E-state index is 0.000699. The lowest BCUT2D eigenvalue weighted by Gasteiger charge is -2.03. The van der Waals surface area contributed by atoms with Crippen molar-refractivity contribution in [3.05, 3.63) is 39.3 Å². The van der Waals surface area contributed by atoms with Gasteiger partial charge in [-0.3, -0.25) is 0 Å². The van der Waals surface area contributed by atoms with Crippen molar-refractivity contribution in [3.63, 3.8) is 0 Å². The van der Waals surface area contributed by atoms with Gasteiger partial charge in [-0.05, 0) is 31.5 Å². The van der Waals surface area contributed by atoms with Crippen molar-refractivity contribution in [1.29, 1.82) is 0 Å². The molecule has 0 saturated carbocycles. The van der Waals surface area contributed by atoms with Gasteiger partial charge in [0, 0.05) is 21.5 Å². The van der Waals surface area contributed by atoms with Crippen LogP contribution in [0.4, 0.5) is 0 Å². The zero-order valence-corrected chi connectivity index (χ0v) is 11.6. The highest BCUT2D eigenvalue weighted by molar-refractivity contribution is 9.10. The smallest absolute Gasteiger partial charge is 0.123 e. The average molecular weight is 297 g/mol. The number of hydrogen-bond acceptors (Lipinski definition) is 3. The number of aryl methyl sites for hydroxylation is 1. The quantitative estimate of drug-likeness (QED) is 0.913. The second kappa shape index (κ2) is 4.65. The topological polar surface area (TPSA) is 38.9 Å². The molecule has 4 heteroatoms. The zero-order chi connectivity index (χ0) is 11.7. The van der Waals surface area contributed by atoms with Crippen molar-refractivity contribution < 1.29 is 0 Å². The molecule has 0 aliphatic rings. The van der Waals surface area contributed by atoms with E-state index in [2.05, 4.69) is 40.0 Å². The van der Waals surface area contributed by atoms with E-state index >= 15 is 0 Å². The lowest BCUT2D eigenvalue weighted by atomic mass is 10.1. The van der Waals surface area contributed by atoms with E-state index in [1.807, 2.05) is 18.4 Å². The lowest BCUT2D eigenvalue weighted by molar-refractivity contribution is 0.790. The SMILES string of the molecule is Cc1cc(Br)ccc1-c1nc(C(C)N)cs1. The van der Waals surface area contributed by atoms with Crippen LogP contribution < -0.4 is 5.73 Å². The van der Waals surface area contributed by atoms with Crippen molar-refractivity contribution in [1.82, 2.24) is 4.98 Å². The largest absolute Gasteiger partial charge is 0.323 e. The van der Waals surface area contributed by atoms with Crippen molar-refractivity contribution in [2.45, 2.75) is 19.9 Å². The van der Waals surface area contributed by atoms with Gasteiger partial charge >= 0.3 is 0 Å². The van der Waals surface area contributed by atoms with Gasteiger partial charge in [0.15, 0.2) is 0 Å². The Kier molecular flexibility index (Phi) is 3.42. The number of nitrogens with two attached hydrogens (primary N) is 1. The first kappa shape index (κ1) is 11.8. The highest BCUT2D eigenvalue weighted by atomic mass is 79.9. The second-order valence-corrected chi connectivity index (χ2v) is 5.60. The first-order valence-corrected chi connectivity index (χ1v) is 6.72. The molecular weight excluding hydrogens is 284 g/mol. The first-order valence-electron chi connectivity index (χ1n) is 5.05. The number of nitrogens with zero attached hydrogens (tertiary/aromatic N) is 1. The Balaban J connectivity index is 2.42. The summed E-state index contributed by atoms with van der Waals surface area (Å²) in [6.07, 6.45) is 0. The normalized spacial score (nSPS) is 12.8. The molecule has 1 heterocycles. The van der Waals surface area contributed by atoms with Crippen LogP contribution in [-0.2, 0) is 0 Å². The number of aromatic nitrogens is 1. The van der Waals surface area contributed by atoms with Crippen LogP contribution in [-0.4, -0.2) is 4.98 Å². The fourth-order valence-corrected chi connectivity index (χ4v) is 2.98. The molecule has 84 valence electrons. The molecule has 0 aliphatic heterocycles. The van der Waals surface area contributed by atoms with Crippen LogP contribution in [0, 0.1) is 6.92 Å². The third-order valence-electron chi connectivity index (χ3n) is 2.41. The van der Waals surface area contributed by atoms with Gasteiger partial charge < -0.3 is 5.73 Å². The molecule has 2 aromatic rings. The van der Waals surface area contributed by atoms with Gasteiger partial charge in [0.1, 0.15) is 5.01 Å². The molecule has 1 aromatic carbocycles. The number of hydrogen-bond donors (Lipinski definition) is 1. The summed E-state index contributed by atoms with van der Waals surface area (Å²) in [5.74, 6) is 0. The van der Waals surface area contributed by atoms with Gasteiger partial charge in [0.05, 0.1) is 5.69 Å². The molecule has 0 amide bonds. The van der Waals surface area contributed by atoms with E-state index in [-0.39, 0.29) is 6.04 Å². The van der Waals surface area contributed by atoms with Crippen LogP contribution in [0.5, 0.6) is 0 Å². The van der Waals surface area contributed by atoms with Gasteiger partial charge in [0.2, 0.25) is 0 Å². The third kappa shape index (κ3) is 2.34. The molecule has 0 saturated heterocycles. The van der Waals surface area contributed by atoms with Gasteiger partial charge in [0.25, 0.3) is 0 Å². The van der Waals surface area contributed by atoms with Crippen LogP contribution in [0.3, 0.4) is 0 Å². The number of thiazole rings is 1. The minimum absolute atomic E-state index is 0.000699. The van der Waals surface area contributed by atoms with Crippen molar-refractivity contribution >= 4 is 27.3 Å². The molecule has 0 aliphatic carbocycles. The van der Waals surface area contributed by atoms with Crippen LogP contribution in [0.1, 0.15) is 24.2 Å². The third-order valence-corrected chi connectivity index (χ3v) is 3.79. The van der Waals surface area contributed by atoms with E-state index < -0.39 is 0 Å². The van der Waals surface area contributed by atoms with E-state index in [0.29, 0.717) is 0 Å². The van der Waals surface area contributed by atoms with Gasteiger partial charge in [-0.15, -0.1) is 11.3 Å². The summed E-state index contributed by atoms with van der Waals surface area (Å²) in [4.78, 5) is 4.55. The highest BCUT2D eigenvalue weighted by Gasteiger charge is 2.09. The maximum absolute atomic E-state index is 5.80. The number of rotatable bonds is 2. The van der Waals surface area contributed by atoms with E-state index in [9.17, 15) is 0 Å². The molecule has 2 rings (SSSR count). The Morgan fingerprint density at radius 3 is 2.75 bits per heavy atom. The van der Waals surface area contributed by atoms with Gasteiger partial charge in [-0.25, -0.2) is 4.98 Å². The van der Waals surface area contributed by atoms with E-state index in [0.717, 1.165) is 15.2 Å². The summed E-state index contributed by atoms with van der Waals surface area (Å²) in [5.41, 5.74) is 9.17. The molecule has 2 nitrogen and oxygen atoms in total. The Morgan fingerprint density at radius 2 is 2.19 bits per heavy atom. The first-order chi connectivity index (χ1) is 7.58. The van der Waals surface area contributed by atoms with E-state index in [1.54, 1.807) is 11.3 Å². The molecule has 16 heavy (non-hydrogen) atoms. The summed E-state index contributed by atoms with van der Waals surface area (Å²) in [6, 6.07) is 6.22. The van der Waals surface area contributed by atoms with Crippen LogP contribution in [0.2, 0.25) is 0 Å². The fraction of sp³-hybridized carbons (Fsp3) is 0.250. The molecule has 1 aromatic heterocycles. The summed E-state index contributed by atoms with van der Waals surface area (Å²) in [7, 11) is 0. The molecule has 0 spiro atoms. The lowest BCUT2D eigenvalue weighted by Crippen LogP contribution is -2.04. The summed E-state index contributed by atoms with van der Waals surface area (Å²) >= 11 is 5.10. The van der Waals surface area contributed by atoms with Crippen molar-refractivity contribution in [2.24, 2.45) is 5.73 Å². The predicted octanol–water partition coefficient (Wildman–Crippen LogP) is 3.90. The molecule has 2 N–H and O–H groups in total. The zero-order valence-electron chi connectivity index (χ0n) is 9.20. The maximum atomic E-state index is 5.80. The van der Waals surface area contributed by atoms with Crippen molar-refractivity contribution in [2.75, 3.05) is 0 Å². The second-order valence-electron chi connectivity index (χ2n) is 3.83. The Bertz CT molecular complexity index is 505. The Morgan fingerprint density at radius 1 is 1.44 bits per heavy atom. The predicted molar refractivity (Wildman–Crippen MR) is 72.6 cm³/mol. The standard InChI is InChI=1S/C12H13BrN2S/c1-7-5-9(13)3-4-10(7)12-15-11(6-16-12)8(2)14/h3-6,8H,14H2,1-2H3. The summed E-state index contributed by atoms with van der Waals surface area (Å²) in [6.45, 7) is 4.04. The molecule has 1 atom stereocenters. The number of halogens is 1. The van der Waals surface area contributed by atoms with Gasteiger partial charge in [-0.1, -0.05) is 22.0 Å². The van der Waals surface area contributed by atoms with Crippen LogP contribution in [0.15, 0.2) is 28.1 Å². The summed E-state index contributed by atoms with van der Waals surface area (Å²) < 4.78 is 1.10. The Labute approximate surface area is 108 Å². The van der Waals surface area contributed by atoms with Gasteiger partial charge in [-0.2, -0.15) is 0 Å².